The standard InChI is InChI=1S/C19H21N3O3/c1-24-16-7-5-14(6-8-16)12-18(23)20-10-9-15-13-22-11-3-4-17(25-2)19(22)21-15/h3-8,11,13H,9-10,12H2,1-2H3,(H,20,23). The maximum atomic E-state index is 12.0. The fourth-order valence-electron chi connectivity index (χ4n) is 2.64. The summed E-state index contributed by atoms with van der Waals surface area (Å²) in [5.74, 6) is 1.51. The van der Waals surface area contributed by atoms with Crippen LogP contribution < -0.4 is 14.8 Å². The summed E-state index contributed by atoms with van der Waals surface area (Å²) in [6, 6.07) is 11.3. The molecule has 0 fully saturated rings. The lowest BCUT2D eigenvalue weighted by Gasteiger charge is -2.05. The molecule has 6 nitrogen and oxygen atoms in total. The Morgan fingerprint density at radius 1 is 1.16 bits per heavy atom. The van der Waals surface area contributed by atoms with E-state index in [1.165, 1.54) is 0 Å². The van der Waals surface area contributed by atoms with Crippen molar-refractivity contribution >= 4 is 11.6 Å². The summed E-state index contributed by atoms with van der Waals surface area (Å²) in [5.41, 5.74) is 2.65. The molecule has 3 rings (SSSR count). The van der Waals surface area contributed by atoms with Gasteiger partial charge in [0.2, 0.25) is 5.91 Å². The zero-order valence-electron chi connectivity index (χ0n) is 14.4. The van der Waals surface area contributed by atoms with Gasteiger partial charge in [-0.15, -0.1) is 0 Å². The Labute approximate surface area is 146 Å². The maximum Gasteiger partial charge on any atom is 0.224 e. The second-order valence-corrected chi connectivity index (χ2v) is 5.66. The van der Waals surface area contributed by atoms with Crippen LogP contribution in [0.5, 0.6) is 11.5 Å². The highest BCUT2D eigenvalue weighted by Gasteiger charge is 2.08. The van der Waals surface area contributed by atoms with Gasteiger partial charge in [-0.05, 0) is 29.8 Å². The lowest BCUT2D eigenvalue weighted by molar-refractivity contribution is -0.120. The fraction of sp³-hybridized carbons (Fsp3) is 0.263. The van der Waals surface area contributed by atoms with Gasteiger partial charge in [0, 0.05) is 25.4 Å². The average Bonchev–Trinajstić information content (AvgIpc) is 3.05. The number of nitrogens with one attached hydrogen (secondary N) is 1. The smallest absolute Gasteiger partial charge is 0.224 e. The molecule has 1 N–H and O–H groups in total. The number of ether oxygens (including phenoxy) is 2. The first kappa shape index (κ1) is 16.8. The number of benzene rings is 1. The lowest BCUT2D eigenvalue weighted by Crippen LogP contribution is -2.27. The number of carbonyl (C=O) groups is 1. The van der Waals surface area contributed by atoms with Gasteiger partial charge in [0.05, 0.1) is 26.3 Å². The summed E-state index contributed by atoms with van der Waals surface area (Å²) >= 11 is 0. The van der Waals surface area contributed by atoms with Crippen LogP contribution in [0.25, 0.3) is 5.65 Å². The van der Waals surface area contributed by atoms with E-state index >= 15 is 0 Å². The Hall–Kier alpha value is -3.02. The lowest BCUT2D eigenvalue weighted by atomic mass is 10.1. The number of fused-ring (bicyclic) bond motifs is 1. The van der Waals surface area contributed by atoms with Gasteiger partial charge in [0.25, 0.3) is 0 Å². The van der Waals surface area contributed by atoms with Crippen molar-refractivity contribution in [2.24, 2.45) is 0 Å². The number of nitrogens with zero attached hydrogens (tertiary/aromatic N) is 2. The van der Waals surface area contributed by atoms with Crippen molar-refractivity contribution in [1.82, 2.24) is 14.7 Å². The molecule has 2 aromatic heterocycles. The highest BCUT2D eigenvalue weighted by molar-refractivity contribution is 5.78. The summed E-state index contributed by atoms with van der Waals surface area (Å²) < 4.78 is 12.3. The minimum atomic E-state index is -0.00786. The van der Waals surface area contributed by atoms with Gasteiger partial charge in [0.1, 0.15) is 5.75 Å². The van der Waals surface area contributed by atoms with Crippen LogP contribution in [0.1, 0.15) is 11.3 Å². The largest absolute Gasteiger partial charge is 0.497 e. The summed E-state index contributed by atoms with van der Waals surface area (Å²) in [6.07, 6.45) is 4.90. The van der Waals surface area contributed by atoms with Crippen LogP contribution >= 0.6 is 0 Å². The fourth-order valence-corrected chi connectivity index (χ4v) is 2.64. The van der Waals surface area contributed by atoms with Crippen molar-refractivity contribution in [2.75, 3.05) is 20.8 Å². The van der Waals surface area contributed by atoms with Crippen LogP contribution in [0.15, 0.2) is 48.8 Å². The van der Waals surface area contributed by atoms with Gasteiger partial charge in [-0.25, -0.2) is 4.98 Å². The number of rotatable bonds is 7. The van der Waals surface area contributed by atoms with E-state index in [0.29, 0.717) is 19.4 Å². The quantitative estimate of drug-likeness (QED) is 0.717. The minimum absolute atomic E-state index is 0.00786. The molecule has 2 heterocycles. The number of pyridine rings is 1. The summed E-state index contributed by atoms with van der Waals surface area (Å²) in [4.78, 5) is 16.6. The third-order valence-corrected chi connectivity index (χ3v) is 3.94. The Morgan fingerprint density at radius 3 is 2.68 bits per heavy atom. The molecule has 3 aromatic rings. The molecule has 0 aliphatic heterocycles. The van der Waals surface area contributed by atoms with Gasteiger partial charge in [0.15, 0.2) is 11.4 Å². The van der Waals surface area contributed by atoms with E-state index in [-0.39, 0.29) is 5.91 Å². The molecule has 0 saturated heterocycles. The number of imidazole rings is 1. The first-order valence-electron chi connectivity index (χ1n) is 8.10. The number of amides is 1. The molecule has 0 saturated carbocycles. The zero-order valence-corrected chi connectivity index (χ0v) is 14.4. The third kappa shape index (κ3) is 4.09. The van der Waals surface area contributed by atoms with E-state index < -0.39 is 0 Å². The summed E-state index contributed by atoms with van der Waals surface area (Å²) in [6.45, 7) is 0.543. The van der Waals surface area contributed by atoms with Gasteiger partial charge in [-0.3, -0.25) is 4.79 Å². The predicted molar refractivity (Wildman–Crippen MR) is 95.2 cm³/mol. The van der Waals surface area contributed by atoms with E-state index in [1.54, 1.807) is 14.2 Å². The molecule has 1 aromatic carbocycles. The second-order valence-electron chi connectivity index (χ2n) is 5.66. The van der Waals surface area contributed by atoms with Crippen LogP contribution in [0, 0.1) is 0 Å². The van der Waals surface area contributed by atoms with E-state index in [4.69, 9.17) is 9.47 Å². The molecule has 6 heteroatoms. The number of methoxy groups -OCH3 is 2. The van der Waals surface area contributed by atoms with E-state index in [1.807, 2.05) is 53.2 Å². The molecule has 25 heavy (non-hydrogen) atoms. The maximum absolute atomic E-state index is 12.0. The first-order valence-corrected chi connectivity index (χ1v) is 8.10. The number of hydrogen-bond acceptors (Lipinski definition) is 4. The predicted octanol–water partition coefficient (Wildman–Crippen LogP) is 2.25. The van der Waals surface area contributed by atoms with Crippen LogP contribution in [0.4, 0.5) is 0 Å². The average molecular weight is 339 g/mol. The van der Waals surface area contributed by atoms with Gasteiger partial charge in [-0.2, -0.15) is 0 Å². The SMILES string of the molecule is COc1ccc(CC(=O)NCCc2cn3cccc(OC)c3n2)cc1. The molecule has 0 bridgehead atoms. The Kier molecular flexibility index (Phi) is 5.18. The van der Waals surface area contributed by atoms with Crippen molar-refractivity contribution in [3.8, 4) is 11.5 Å². The normalized spacial score (nSPS) is 10.6. The van der Waals surface area contributed by atoms with Gasteiger partial charge in [-0.1, -0.05) is 12.1 Å². The molecule has 1 amide bonds. The van der Waals surface area contributed by atoms with Crippen molar-refractivity contribution in [3.05, 3.63) is 60.0 Å². The molecule has 0 unspecified atom stereocenters. The zero-order chi connectivity index (χ0) is 17.6. The van der Waals surface area contributed by atoms with Gasteiger partial charge < -0.3 is 19.2 Å². The summed E-state index contributed by atoms with van der Waals surface area (Å²) in [7, 11) is 3.25. The molecule has 0 aliphatic carbocycles. The number of hydrogen-bond donors (Lipinski definition) is 1. The molecular weight excluding hydrogens is 318 g/mol. The van der Waals surface area contributed by atoms with Crippen LogP contribution in [0.3, 0.4) is 0 Å². The molecule has 0 aliphatic rings. The van der Waals surface area contributed by atoms with Crippen molar-refractivity contribution in [3.63, 3.8) is 0 Å². The first-order chi connectivity index (χ1) is 12.2. The van der Waals surface area contributed by atoms with Gasteiger partial charge >= 0.3 is 0 Å². The highest BCUT2D eigenvalue weighted by Crippen LogP contribution is 2.18. The van der Waals surface area contributed by atoms with E-state index in [0.717, 1.165) is 28.4 Å². The number of aromatic nitrogens is 2. The van der Waals surface area contributed by atoms with Crippen LogP contribution in [-0.4, -0.2) is 36.1 Å². The van der Waals surface area contributed by atoms with Crippen LogP contribution in [0.2, 0.25) is 0 Å². The molecule has 130 valence electrons. The van der Waals surface area contributed by atoms with Crippen LogP contribution in [-0.2, 0) is 17.6 Å². The summed E-state index contributed by atoms with van der Waals surface area (Å²) in [5, 5.41) is 2.93. The minimum Gasteiger partial charge on any atom is -0.497 e. The highest BCUT2D eigenvalue weighted by atomic mass is 16.5. The molecule has 0 spiro atoms. The molecule has 0 atom stereocenters. The van der Waals surface area contributed by atoms with Crippen molar-refractivity contribution in [2.45, 2.75) is 12.8 Å². The topological polar surface area (TPSA) is 64.9 Å². The van der Waals surface area contributed by atoms with Crippen molar-refractivity contribution < 1.29 is 14.3 Å². The molecule has 0 radical (unpaired) electrons. The van der Waals surface area contributed by atoms with Crippen molar-refractivity contribution in [1.29, 1.82) is 0 Å². The second kappa shape index (κ2) is 7.70. The van der Waals surface area contributed by atoms with E-state index in [2.05, 4.69) is 10.3 Å². The Morgan fingerprint density at radius 2 is 1.96 bits per heavy atom. The third-order valence-electron chi connectivity index (χ3n) is 3.94. The molecular formula is C19H21N3O3. The Balaban J connectivity index is 1.52. The Bertz CT molecular complexity index is 856. The monoisotopic (exact) mass is 339 g/mol. The number of carbonyl (C=O) groups excluding carboxylic acids is 1. The van der Waals surface area contributed by atoms with E-state index in [9.17, 15) is 4.79 Å².